The Kier molecular flexibility index (Phi) is 4.56. The molecule has 104 valence electrons. The summed E-state index contributed by atoms with van der Waals surface area (Å²) in [5.41, 5.74) is 2.26. The molecular formula is C15H24N4. The van der Waals surface area contributed by atoms with E-state index in [1.54, 1.807) is 0 Å². The number of aromatic amines is 1. The molecule has 4 heteroatoms. The third-order valence-corrected chi connectivity index (χ3v) is 3.63. The van der Waals surface area contributed by atoms with Crippen molar-refractivity contribution in [2.24, 2.45) is 0 Å². The summed E-state index contributed by atoms with van der Waals surface area (Å²) in [5, 5.41) is 4.79. The van der Waals surface area contributed by atoms with E-state index in [-0.39, 0.29) is 0 Å². The Balaban J connectivity index is 1.93. The second-order valence-corrected chi connectivity index (χ2v) is 5.53. The highest BCUT2D eigenvalue weighted by Gasteiger charge is 2.09. The number of hydrogen-bond acceptors (Lipinski definition) is 3. The molecule has 0 aliphatic carbocycles. The molecule has 0 aliphatic heterocycles. The fourth-order valence-corrected chi connectivity index (χ4v) is 2.16. The molecule has 2 aromatic rings. The molecule has 0 unspecified atom stereocenters. The van der Waals surface area contributed by atoms with Gasteiger partial charge in [0.1, 0.15) is 5.65 Å². The summed E-state index contributed by atoms with van der Waals surface area (Å²) in [6.45, 7) is 8.61. The van der Waals surface area contributed by atoms with E-state index in [0.29, 0.717) is 12.1 Å². The highest BCUT2D eigenvalue weighted by atomic mass is 15.1. The van der Waals surface area contributed by atoms with Gasteiger partial charge < -0.3 is 15.2 Å². The van der Waals surface area contributed by atoms with Gasteiger partial charge in [0.2, 0.25) is 0 Å². The molecule has 2 rings (SSSR count). The van der Waals surface area contributed by atoms with E-state index in [1.807, 2.05) is 12.4 Å². The third kappa shape index (κ3) is 3.55. The van der Waals surface area contributed by atoms with Gasteiger partial charge in [0.25, 0.3) is 0 Å². The first-order valence-electron chi connectivity index (χ1n) is 6.92. The largest absolute Gasteiger partial charge is 0.346 e. The Hall–Kier alpha value is -1.39. The quantitative estimate of drug-likeness (QED) is 0.838. The molecule has 2 aromatic heterocycles. The van der Waals surface area contributed by atoms with Gasteiger partial charge in [-0.3, -0.25) is 0 Å². The minimum Gasteiger partial charge on any atom is -0.346 e. The van der Waals surface area contributed by atoms with Gasteiger partial charge in [0.05, 0.1) is 0 Å². The zero-order valence-electron chi connectivity index (χ0n) is 12.3. The van der Waals surface area contributed by atoms with Crippen LogP contribution in [-0.2, 0) is 6.54 Å². The fraction of sp³-hybridized carbons (Fsp3) is 0.533. The van der Waals surface area contributed by atoms with E-state index in [1.165, 1.54) is 10.9 Å². The molecule has 0 saturated carbocycles. The van der Waals surface area contributed by atoms with Crippen LogP contribution in [0.15, 0.2) is 24.5 Å². The maximum absolute atomic E-state index is 4.31. The zero-order valence-corrected chi connectivity index (χ0v) is 12.3. The first-order chi connectivity index (χ1) is 9.08. The summed E-state index contributed by atoms with van der Waals surface area (Å²) >= 11 is 0. The molecule has 0 fully saturated rings. The fourth-order valence-electron chi connectivity index (χ4n) is 2.16. The van der Waals surface area contributed by atoms with E-state index >= 15 is 0 Å². The smallest absolute Gasteiger partial charge is 0.137 e. The first-order valence-corrected chi connectivity index (χ1v) is 6.92. The summed E-state index contributed by atoms with van der Waals surface area (Å²) < 4.78 is 0. The monoisotopic (exact) mass is 260 g/mol. The molecule has 0 radical (unpaired) electrons. The Morgan fingerprint density at radius 2 is 2.11 bits per heavy atom. The van der Waals surface area contributed by atoms with Gasteiger partial charge in [-0.05, 0) is 45.5 Å². The summed E-state index contributed by atoms with van der Waals surface area (Å²) in [5.74, 6) is 0. The standard InChI is InChI=1S/C15H24N4/c1-11(2)19(4)10-12(3)18-9-13-5-7-16-15-14(13)6-8-17-15/h5-8,11-12,18H,9-10H2,1-4H3,(H,16,17)/t12-/m1/s1. The molecule has 0 aromatic carbocycles. The summed E-state index contributed by atoms with van der Waals surface area (Å²) in [6, 6.07) is 5.22. The van der Waals surface area contributed by atoms with E-state index in [4.69, 9.17) is 0 Å². The molecule has 0 aliphatic rings. The number of H-pyrrole nitrogens is 1. The Labute approximate surface area is 115 Å². The van der Waals surface area contributed by atoms with Gasteiger partial charge in [-0.2, -0.15) is 0 Å². The number of nitrogens with zero attached hydrogens (tertiary/aromatic N) is 2. The van der Waals surface area contributed by atoms with Crippen LogP contribution in [0.2, 0.25) is 0 Å². The van der Waals surface area contributed by atoms with Crippen LogP contribution in [-0.4, -0.2) is 40.5 Å². The number of fused-ring (bicyclic) bond motifs is 1. The van der Waals surface area contributed by atoms with Crippen LogP contribution in [0.4, 0.5) is 0 Å². The van der Waals surface area contributed by atoms with Crippen LogP contribution < -0.4 is 5.32 Å². The minimum absolute atomic E-state index is 0.467. The van der Waals surface area contributed by atoms with Gasteiger partial charge >= 0.3 is 0 Å². The van der Waals surface area contributed by atoms with Gasteiger partial charge in [-0.15, -0.1) is 0 Å². The molecule has 4 nitrogen and oxygen atoms in total. The summed E-state index contributed by atoms with van der Waals surface area (Å²) in [7, 11) is 2.17. The molecule has 2 N–H and O–H groups in total. The molecule has 0 spiro atoms. The predicted molar refractivity (Wildman–Crippen MR) is 80.2 cm³/mol. The van der Waals surface area contributed by atoms with Crippen molar-refractivity contribution in [1.29, 1.82) is 0 Å². The number of rotatable bonds is 6. The zero-order chi connectivity index (χ0) is 13.8. The van der Waals surface area contributed by atoms with Crippen LogP contribution in [0.25, 0.3) is 11.0 Å². The van der Waals surface area contributed by atoms with Crippen molar-refractivity contribution in [3.05, 3.63) is 30.1 Å². The third-order valence-electron chi connectivity index (χ3n) is 3.63. The summed E-state index contributed by atoms with van der Waals surface area (Å²) in [4.78, 5) is 9.81. The highest BCUT2D eigenvalue weighted by Crippen LogP contribution is 2.14. The van der Waals surface area contributed by atoms with Crippen molar-refractivity contribution in [3.63, 3.8) is 0 Å². The van der Waals surface area contributed by atoms with E-state index < -0.39 is 0 Å². The van der Waals surface area contributed by atoms with Crippen molar-refractivity contribution >= 4 is 11.0 Å². The topological polar surface area (TPSA) is 44.0 Å². The van der Waals surface area contributed by atoms with Crippen LogP contribution in [0.3, 0.4) is 0 Å². The van der Waals surface area contributed by atoms with Crippen LogP contribution >= 0.6 is 0 Å². The van der Waals surface area contributed by atoms with Crippen molar-refractivity contribution in [3.8, 4) is 0 Å². The van der Waals surface area contributed by atoms with E-state index in [9.17, 15) is 0 Å². The Morgan fingerprint density at radius 3 is 2.84 bits per heavy atom. The van der Waals surface area contributed by atoms with Crippen LogP contribution in [0.5, 0.6) is 0 Å². The second-order valence-electron chi connectivity index (χ2n) is 5.53. The number of likely N-dealkylation sites (N-methyl/N-ethyl adjacent to an activating group) is 1. The second kappa shape index (κ2) is 6.17. The molecule has 1 atom stereocenters. The number of hydrogen-bond donors (Lipinski definition) is 2. The van der Waals surface area contributed by atoms with Crippen molar-refractivity contribution in [1.82, 2.24) is 20.2 Å². The van der Waals surface area contributed by atoms with Crippen molar-refractivity contribution in [2.75, 3.05) is 13.6 Å². The molecular weight excluding hydrogens is 236 g/mol. The highest BCUT2D eigenvalue weighted by molar-refractivity contribution is 5.79. The summed E-state index contributed by atoms with van der Waals surface area (Å²) in [6.07, 6.45) is 3.80. The average molecular weight is 260 g/mol. The minimum atomic E-state index is 0.467. The Morgan fingerprint density at radius 1 is 1.32 bits per heavy atom. The van der Waals surface area contributed by atoms with Crippen molar-refractivity contribution in [2.45, 2.75) is 39.4 Å². The van der Waals surface area contributed by atoms with Crippen molar-refractivity contribution < 1.29 is 0 Å². The molecule has 0 bridgehead atoms. The number of pyridine rings is 1. The normalized spacial score (nSPS) is 13.6. The van der Waals surface area contributed by atoms with Gasteiger partial charge in [-0.25, -0.2) is 4.98 Å². The lowest BCUT2D eigenvalue weighted by Crippen LogP contribution is -2.39. The number of nitrogens with one attached hydrogen (secondary N) is 2. The molecule has 0 amide bonds. The van der Waals surface area contributed by atoms with Gasteiger partial charge in [0, 0.05) is 43.0 Å². The maximum Gasteiger partial charge on any atom is 0.137 e. The molecule has 19 heavy (non-hydrogen) atoms. The van der Waals surface area contributed by atoms with E-state index in [0.717, 1.165) is 18.7 Å². The van der Waals surface area contributed by atoms with Crippen LogP contribution in [0, 0.1) is 0 Å². The van der Waals surface area contributed by atoms with Crippen LogP contribution in [0.1, 0.15) is 26.3 Å². The maximum atomic E-state index is 4.31. The molecule has 2 heterocycles. The average Bonchev–Trinajstić information content (AvgIpc) is 2.84. The van der Waals surface area contributed by atoms with Gasteiger partial charge in [0.15, 0.2) is 0 Å². The number of aromatic nitrogens is 2. The lowest BCUT2D eigenvalue weighted by atomic mass is 10.1. The molecule has 0 saturated heterocycles. The SMILES string of the molecule is CC(C)N(C)C[C@@H](C)NCc1ccnc2[nH]ccc12. The first kappa shape index (κ1) is 14.0. The predicted octanol–water partition coefficient (Wildman–Crippen LogP) is 2.38. The lowest BCUT2D eigenvalue weighted by molar-refractivity contribution is 0.246. The van der Waals surface area contributed by atoms with E-state index in [2.05, 4.69) is 60.1 Å². The Bertz CT molecular complexity index is 518. The lowest BCUT2D eigenvalue weighted by Gasteiger charge is -2.25. The van der Waals surface area contributed by atoms with Gasteiger partial charge in [-0.1, -0.05) is 0 Å².